The summed E-state index contributed by atoms with van der Waals surface area (Å²) in [5.41, 5.74) is 1.21. The fourth-order valence-corrected chi connectivity index (χ4v) is 2.58. The number of ether oxygens (including phenoxy) is 2. The van der Waals surface area contributed by atoms with Crippen LogP contribution in [0.3, 0.4) is 0 Å². The Bertz CT molecular complexity index is 1060. The van der Waals surface area contributed by atoms with E-state index in [1.165, 1.54) is 0 Å². The first-order chi connectivity index (χ1) is 13.8. The second-order valence-electron chi connectivity index (χ2n) is 5.85. The van der Waals surface area contributed by atoms with Gasteiger partial charge in [0.2, 0.25) is 5.89 Å². The predicted octanol–water partition coefficient (Wildman–Crippen LogP) is 4.89. The van der Waals surface area contributed by atoms with E-state index in [1.54, 1.807) is 55.0 Å². The molecular formula is C22H16N2O4. The lowest BCUT2D eigenvalue weighted by atomic mass is 10.2. The predicted molar refractivity (Wildman–Crippen MR) is 102 cm³/mol. The van der Waals surface area contributed by atoms with Crippen LogP contribution in [0.5, 0.6) is 11.5 Å². The van der Waals surface area contributed by atoms with Crippen LogP contribution in [0.15, 0.2) is 89.7 Å². The monoisotopic (exact) mass is 372 g/mol. The number of esters is 1. The van der Waals surface area contributed by atoms with Crippen molar-refractivity contribution in [2.75, 3.05) is 0 Å². The molecule has 2 aromatic carbocycles. The minimum atomic E-state index is -0.529. The highest BCUT2D eigenvalue weighted by Crippen LogP contribution is 2.26. The van der Waals surface area contributed by atoms with Crippen molar-refractivity contribution in [2.45, 2.75) is 6.61 Å². The van der Waals surface area contributed by atoms with Gasteiger partial charge >= 0.3 is 5.97 Å². The van der Waals surface area contributed by atoms with E-state index in [0.717, 1.165) is 5.56 Å². The lowest BCUT2D eigenvalue weighted by molar-refractivity contribution is 0.0436. The molecule has 0 aliphatic heterocycles. The number of para-hydroxylation sites is 1. The Balaban J connectivity index is 1.44. The second kappa shape index (κ2) is 8.18. The van der Waals surface area contributed by atoms with Crippen LogP contribution < -0.4 is 4.74 Å². The summed E-state index contributed by atoms with van der Waals surface area (Å²) >= 11 is 0. The average molecular weight is 372 g/mol. The third-order valence-corrected chi connectivity index (χ3v) is 3.91. The van der Waals surface area contributed by atoms with Gasteiger partial charge in [0.1, 0.15) is 17.1 Å². The summed E-state index contributed by atoms with van der Waals surface area (Å²) in [7, 11) is 0. The molecule has 138 valence electrons. The fraction of sp³-hybridized carbons (Fsp3) is 0.0455. The van der Waals surface area contributed by atoms with E-state index in [0.29, 0.717) is 28.7 Å². The number of nitrogens with zero attached hydrogens (tertiary/aromatic N) is 2. The van der Waals surface area contributed by atoms with Crippen molar-refractivity contribution in [2.24, 2.45) is 0 Å². The number of hydrogen-bond donors (Lipinski definition) is 0. The molecule has 0 unspecified atom stereocenters. The van der Waals surface area contributed by atoms with E-state index >= 15 is 0 Å². The highest BCUT2D eigenvalue weighted by molar-refractivity contribution is 5.92. The van der Waals surface area contributed by atoms with Gasteiger partial charge in [0, 0.05) is 11.8 Å². The Hall–Kier alpha value is -3.93. The van der Waals surface area contributed by atoms with Gasteiger partial charge in [-0.25, -0.2) is 9.78 Å². The smallest absolute Gasteiger partial charge is 0.342 e. The fourth-order valence-electron chi connectivity index (χ4n) is 2.58. The van der Waals surface area contributed by atoms with Crippen LogP contribution in [-0.4, -0.2) is 15.9 Å². The molecule has 2 heterocycles. The number of hydrogen-bond acceptors (Lipinski definition) is 6. The number of pyridine rings is 1. The quantitative estimate of drug-likeness (QED) is 0.449. The minimum absolute atomic E-state index is 0.0765. The van der Waals surface area contributed by atoms with Crippen LogP contribution in [0, 0.1) is 0 Å². The summed E-state index contributed by atoms with van der Waals surface area (Å²) in [5.74, 6) is 1.32. The van der Waals surface area contributed by atoms with E-state index in [4.69, 9.17) is 13.9 Å². The van der Waals surface area contributed by atoms with Crippen molar-refractivity contribution in [1.82, 2.24) is 9.97 Å². The first kappa shape index (κ1) is 17.5. The molecule has 0 saturated carbocycles. The van der Waals surface area contributed by atoms with Crippen molar-refractivity contribution in [3.8, 4) is 22.8 Å². The zero-order valence-electron chi connectivity index (χ0n) is 14.8. The number of carbonyl (C=O) groups is 1. The molecule has 0 aliphatic carbocycles. The molecule has 0 aliphatic rings. The van der Waals surface area contributed by atoms with Crippen molar-refractivity contribution in [3.05, 3.63) is 96.8 Å². The molecule has 0 radical (unpaired) electrons. The number of carbonyl (C=O) groups excluding carboxylic acids is 1. The topological polar surface area (TPSA) is 74.5 Å². The van der Waals surface area contributed by atoms with Crippen molar-refractivity contribution in [1.29, 1.82) is 0 Å². The number of benzene rings is 2. The highest BCUT2D eigenvalue weighted by Gasteiger charge is 2.16. The molecule has 0 amide bonds. The van der Waals surface area contributed by atoms with Crippen molar-refractivity contribution < 1.29 is 18.7 Å². The van der Waals surface area contributed by atoms with Gasteiger partial charge in [-0.05, 0) is 24.3 Å². The van der Waals surface area contributed by atoms with E-state index in [-0.39, 0.29) is 6.61 Å². The van der Waals surface area contributed by atoms with Gasteiger partial charge in [-0.3, -0.25) is 4.98 Å². The SMILES string of the molecule is O=C(OCc1ncc(-c2ccccc2)o1)c1ccccc1Oc1cccnc1. The number of oxazole rings is 1. The van der Waals surface area contributed by atoms with E-state index < -0.39 is 5.97 Å². The number of aromatic nitrogens is 2. The average Bonchev–Trinajstić information content (AvgIpc) is 3.23. The summed E-state index contributed by atoms with van der Waals surface area (Å²) in [6.45, 7) is -0.0765. The largest absolute Gasteiger partial charge is 0.455 e. The first-order valence-electron chi connectivity index (χ1n) is 8.64. The van der Waals surface area contributed by atoms with Gasteiger partial charge in [-0.2, -0.15) is 0 Å². The Morgan fingerprint density at radius 1 is 0.929 bits per heavy atom. The minimum Gasteiger partial charge on any atom is -0.455 e. The third-order valence-electron chi connectivity index (χ3n) is 3.91. The molecule has 0 N–H and O–H groups in total. The highest BCUT2D eigenvalue weighted by atomic mass is 16.5. The second-order valence-corrected chi connectivity index (χ2v) is 5.85. The first-order valence-corrected chi connectivity index (χ1v) is 8.64. The van der Waals surface area contributed by atoms with Crippen LogP contribution in [-0.2, 0) is 11.3 Å². The Labute approximate surface area is 161 Å². The van der Waals surface area contributed by atoms with Crippen molar-refractivity contribution in [3.63, 3.8) is 0 Å². The maximum absolute atomic E-state index is 12.5. The lowest BCUT2D eigenvalue weighted by Crippen LogP contribution is -2.07. The standard InChI is InChI=1S/C22H16N2O4/c25-22(18-10-4-5-11-19(18)27-17-9-6-12-23-13-17)26-15-21-24-14-20(28-21)16-7-2-1-3-8-16/h1-14H,15H2. The molecule has 0 atom stereocenters. The maximum atomic E-state index is 12.5. The summed E-state index contributed by atoms with van der Waals surface area (Å²) in [4.78, 5) is 20.7. The van der Waals surface area contributed by atoms with Crippen LogP contribution in [0.1, 0.15) is 16.2 Å². The third kappa shape index (κ3) is 4.07. The molecular weight excluding hydrogens is 356 g/mol. The Morgan fingerprint density at radius 2 is 1.75 bits per heavy atom. The van der Waals surface area contributed by atoms with E-state index in [9.17, 15) is 4.79 Å². The van der Waals surface area contributed by atoms with Gasteiger partial charge < -0.3 is 13.9 Å². The normalized spacial score (nSPS) is 10.4. The lowest BCUT2D eigenvalue weighted by Gasteiger charge is -2.10. The van der Waals surface area contributed by atoms with Gasteiger partial charge in [-0.1, -0.05) is 42.5 Å². The zero-order valence-corrected chi connectivity index (χ0v) is 14.8. The molecule has 0 bridgehead atoms. The van der Waals surface area contributed by atoms with Gasteiger partial charge in [-0.15, -0.1) is 0 Å². The molecule has 0 spiro atoms. The summed E-state index contributed by atoms with van der Waals surface area (Å²) in [5, 5.41) is 0. The molecule has 4 rings (SSSR count). The van der Waals surface area contributed by atoms with Crippen LogP contribution in [0.2, 0.25) is 0 Å². The summed E-state index contributed by atoms with van der Waals surface area (Å²) in [6, 6.07) is 20.0. The summed E-state index contributed by atoms with van der Waals surface area (Å²) < 4.78 is 16.7. The zero-order chi connectivity index (χ0) is 19.2. The molecule has 28 heavy (non-hydrogen) atoms. The Kier molecular flexibility index (Phi) is 5.11. The van der Waals surface area contributed by atoms with Gasteiger partial charge in [0.15, 0.2) is 12.4 Å². The van der Waals surface area contributed by atoms with Crippen LogP contribution in [0.25, 0.3) is 11.3 Å². The van der Waals surface area contributed by atoms with Crippen LogP contribution in [0.4, 0.5) is 0 Å². The van der Waals surface area contributed by atoms with Crippen molar-refractivity contribution >= 4 is 5.97 Å². The molecule has 2 aromatic heterocycles. The van der Waals surface area contributed by atoms with Gasteiger partial charge in [0.25, 0.3) is 0 Å². The summed E-state index contributed by atoms with van der Waals surface area (Å²) in [6.07, 6.45) is 4.82. The maximum Gasteiger partial charge on any atom is 0.342 e. The molecule has 6 heteroatoms. The van der Waals surface area contributed by atoms with Gasteiger partial charge in [0.05, 0.1) is 12.4 Å². The van der Waals surface area contributed by atoms with E-state index in [1.807, 2.05) is 30.3 Å². The molecule has 4 aromatic rings. The molecule has 6 nitrogen and oxygen atoms in total. The molecule has 0 fully saturated rings. The Morgan fingerprint density at radius 3 is 2.57 bits per heavy atom. The van der Waals surface area contributed by atoms with Crippen LogP contribution >= 0.6 is 0 Å². The van der Waals surface area contributed by atoms with E-state index in [2.05, 4.69) is 9.97 Å². The number of rotatable bonds is 6. The molecule has 0 saturated heterocycles.